The molecule has 0 aliphatic heterocycles. The number of rotatable bonds is 8. The van der Waals surface area contributed by atoms with E-state index in [1.807, 2.05) is 49.6 Å². The number of carbonyl (C=O) groups is 2. The zero-order chi connectivity index (χ0) is 20.8. The Balaban J connectivity index is 1.50. The third-order valence-corrected chi connectivity index (χ3v) is 6.18. The molecule has 29 heavy (non-hydrogen) atoms. The monoisotopic (exact) mass is 429 g/mol. The molecule has 152 valence electrons. The van der Waals surface area contributed by atoms with Crippen molar-refractivity contribution in [3.8, 4) is 16.3 Å². The second-order valence-electron chi connectivity index (χ2n) is 6.56. The number of ether oxygens (including phenoxy) is 1. The topological polar surface area (TPSA) is 80.3 Å². The minimum absolute atomic E-state index is 0.0554. The van der Waals surface area contributed by atoms with Crippen LogP contribution in [0.2, 0.25) is 0 Å². The highest BCUT2D eigenvalue weighted by Crippen LogP contribution is 2.31. The van der Waals surface area contributed by atoms with Crippen molar-refractivity contribution in [3.05, 3.63) is 51.7 Å². The molecule has 2 aromatic heterocycles. The molecular weight excluding hydrogens is 406 g/mol. The Hall–Kier alpha value is -2.71. The van der Waals surface area contributed by atoms with E-state index < -0.39 is 0 Å². The first kappa shape index (κ1) is 21.0. The Morgan fingerprint density at radius 1 is 1.17 bits per heavy atom. The molecule has 0 saturated heterocycles. The van der Waals surface area contributed by atoms with Crippen molar-refractivity contribution in [2.45, 2.75) is 33.7 Å². The lowest BCUT2D eigenvalue weighted by Crippen LogP contribution is -2.17. The van der Waals surface area contributed by atoms with Crippen molar-refractivity contribution in [1.29, 1.82) is 0 Å². The molecule has 0 bridgehead atoms. The Labute approximate surface area is 178 Å². The summed E-state index contributed by atoms with van der Waals surface area (Å²) in [6, 6.07) is 9.83. The van der Waals surface area contributed by atoms with Gasteiger partial charge in [0, 0.05) is 17.2 Å². The van der Waals surface area contributed by atoms with Crippen LogP contribution in [0.4, 0.5) is 5.13 Å². The quantitative estimate of drug-likeness (QED) is 0.551. The van der Waals surface area contributed by atoms with E-state index in [2.05, 4.69) is 15.6 Å². The number of thiophene rings is 1. The summed E-state index contributed by atoms with van der Waals surface area (Å²) in [4.78, 5) is 29.8. The van der Waals surface area contributed by atoms with E-state index in [4.69, 9.17) is 4.74 Å². The molecule has 3 rings (SSSR count). The van der Waals surface area contributed by atoms with E-state index in [9.17, 15) is 9.59 Å². The van der Waals surface area contributed by atoms with Crippen LogP contribution in [0.1, 0.15) is 29.3 Å². The third kappa shape index (κ3) is 5.88. The molecule has 1 aromatic carbocycles. The van der Waals surface area contributed by atoms with Gasteiger partial charge in [-0.1, -0.05) is 12.1 Å². The SMILES string of the molecule is CC(=O)NCc1ccc(-c2csc(NC(=O)CCOc3cccc(C)c3C)n2)s1. The van der Waals surface area contributed by atoms with Gasteiger partial charge in [0.2, 0.25) is 11.8 Å². The minimum atomic E-state index is -0.131. The average Bonchev–Trinajstić information content (AvgIpc) is 3.33. The van der Waals surface area contributed by atoms with Gasteiger partial charge in [0.25, 0.3) is 0 Å². The van der Waals surface area contributed by atoms with Crippen LogP contribution in [-0.4, -0.2) is 23.4 Å². The molecule has 2 N–H and O–H groups in total. The van der Waals surface area contributed by atoms with Gasteiger partial charge in [-0.3, -0.25) is 9.59 Å². The number of aryl methyl sites for hydroxylation is 1. The zero-order valence-corrected chi connectivity index (χ0v) is 18.2. The van der Waals surface area contributed by atoms with Gasteiger partial charge in [-0.05, 0) is 43.2 Å². The average molecular weight is 430 g/mol. The first-order chi connectivity index (χ1) is 13.9. The van der Waals surface area contributed by atoms with Crippen molar-refractivity contribution in [2.24, 2.45) is 0 Å². The zero-order valence-electron chi connectivity index (χ0n) is 16.6. The van der Waals surface area contributed by atoms with Crippen LogP contribution < -0.4 is 15.4 Å². The summed E-state index contributed by atoms with van der Waals surface area (Å²) >= 11 is 2.96. The van der Waals surface area contributed by atoms with Gasteiger partial charge in [0.05, 0.1) is 30.1 Å². The molecule has 0 saturated carbocycles. The summed E-state index contributed by atoms with van der Waals surface area (Å²) in [5.41, 5.74) is 3.07. The number of nitrogens with zero attached hydrogens (tertiary/aromatic N) is 1. The van der Waals surface area contributed by atoms with Gasteiger partial charge in [-0.25, -0.2) is 4.98 Å². The van der Waals surface area contributed by atoms with E-state index in [0.717, 1.165) is 32.3 Å². The number of benzene rings is 1. The lowest BCUT2D eigenvalue weighted by Gasteiger charge is -2.10. The lowest BCUT2D eigenvalue weighted by molar-refractivity contribution is -0.119. The summed E-state index contributed by atoms with van der Waals surface area (Å²) in [5.74, 6) is 0.621. The highest BCUT2D eigenvalue weighted by Gasteiger charge is 2.11. The van der Waals surface area contributed by atoms with Crippen LogP contribution in [0.15, 0.2) is 35.7 Å². The molecule has 8 heteroatoms. The number of carbonyl (C=O) groups excluding carboxylic acids is 2. The van der Waals surface area contributed by atoms with Crippen molar-refractivity contribution in [3.63, 3.8) is 0 Å². The summed E-state index contributed by atoms with van der Waals surface area (Å²) < 4.78 is 5.74. The number of aromatic nitrogens is 1. The highest BCUT2D eigenvalue weighted by atomic mass is 32.1. The van der Waals surface area contributed by atoms with Gasteiger partial charge >= 0.3 is 0 Å². The van der Waals surface area contributed by atoms with E-state index in [-0.39, 0.29) is 18.2 Å². The fourth-order valence-electron chi connectivity index (χ4n) is 2.58. The Morgan fingerprint density at radius 3 is 2.79 bits per heavy atom. The summed E-state index contributed by atoms with van der Waals surface area (Å²) in [6.07, 6.45) is 0.252. The van der Waals surface area contributed by atoms with Crippen LogP contribution in [0.25, 0.3) is 10.6 Å². The first-order valence-electron chi connectivity index (χ1n) is 9.20. The number of hydrogen-bond donors (Lipinski definition) is 2. The van der Waals surface area contributed by atoms with Gasteiger partial charge in [-0.15, -0.1) is 22.7 Å². The molecule has 2 amide bonds. The fraction of sp³-hybridized carbons (Fsp3) is 0.286. The van der Waals surface area contributed by atoms with E-state index in [1.165, 1.54) is 18.3 Å². The second kappa shape index (κ2) is 9.67. The molecule has 0 aliphatic rings. The maximum Gasteiger partial charge on any atom is 0.229 e. The van der Waals surface area contributed by atoms with Crippen LogP contribution in [0.3, 0.4) is 0 Å². The Kier molecular flexibility index (Phi) is 7.00. The van der Waals surface area contributed by atoms with Crippen molar-refractivity contribution in [1.82, 2.24) is 10.3 Å². The first-order valence-corrected chi connectivity index (χ1v) is 10.9. The second-order valence-corrected chi connectivity index (χ2v) is 8.58. The highest BCUT2D eigenvalue weighted by molar-refractivity contribution is 7.17. The van der Waals surface area contributed by atoms with E-state index >= 15 is 0 Å². The predicted octanol–water partition coefficient (Wildman–Crippen LogP) is 4.53. The number of hydrogen-bond acceptors (Lipinski definition) is 6. The molecule has 3 aromatic rings. The molecule has 0 fully saturated rings. The number of anilines is 1. The smallest absolute Gasteiger partial charge is 0.229 e. The Bertz CT molecular complexity index is 1010. The van der Waals surface area contributed by atoms with E-state index in [1.54, 1.807) is 11.3 Å². The third-order valence-electron chi connectivity index (χ3n) is 4.32. The molecule has 2 heterocycles. The molecule has 0 aliphatic carbocycles. The largest absolute Gasteiger partial charge is 0.493 e. The van der Waals surface area contributed by atoms with Crippen LogP contribution >= 0.6 is 22.7 Å². The molecule has 0 atom stereocenters. The number of amides is 2. The molecule has 0 spiro atoms. The number of thiazole rings is 1. The van der Waals surface area contributed by atoms with Crippen LogP contribution in [0.5, 0.6) is 5.75 Å². The van der Waals surface area contributed by atoms with E-state index in [0.29, 0.717) is 18.3 Å². The van der Waals surface area contributed by atoms with Crippen molar-refractivity contribution in [2.75, 3.05) is 11.9 Å². The summed E-state index contributed by atoms with van der Waals surface area (Å²) in [5, 5.41) is 8.08. The molecular formula is C21H23N3O3S2. The molecule has 0 unspecified atom stereocenters. The standard InChI is InChI=1S/C21H23N3O3S2/c1-13-5-4-6-18(14(13)2)27-10-9-20(26)24-21-23-17(12-28-21)19-8-7-16(29-19)11-22-15(3)25/h4-8,12H,9-11H2,1-3H3,(H,22,25)(H,23,24,26). The predicted molar refractivity (Wildman–Crippen MR) is 118 cm³/mol. The molecule has 6 nitrogen and oxygen atoms in total. The summed E-state index contributed by atoms with van der Waals surface area (Å²) in [6.45, 7) is 6.36. The summed E-state index contributed by atoms with van der Waals surface area (Å²) in [7, 11) is 0. The molecule has 0 radical (unpaired) electrons. The van der Waals surface area contributed by atoms with Gasteiger partial charge < -0.3 is 15.4 Å². The van der Waals surface area contributed by atoms with Gasteiger partial charge in [0.1, 0.15) is 5.75 Å². The minimum Gasteiger partial charge on any atom is -0.493 e. The van der Waals surface area contributed by atoms with Gasteiger partial charge in [-0.2, -0.15) is 0 Å². The van der Waals surface area contributed by atoms with Crippen LogP contribution in [0, 0.1) is 13.8 Å². The fourth-order valence-corrected chi connectivity index (χ4v) is 4.29. The van der Waals surface area contributed by atoms with Crippen molar-refractivity contribution >= 4 is 39.6 Å². The van der Waals surface area contributed by atoms with Gasteiger partial charge in [0.15, 0.2) is 5.13 Å². The Morgan fingerprint density at radius 2 is 2.00 bits per heavy atom. The maximum absolute atomic E-state index is 12.2. The van der Waals surface area contributed by atoms with Crippen LogP contribution in [-0.2, 0) is 16.1 Å². The number of nitrogens with one attached hydrogen (secondary N) is 2. The van der Waals surface area contributed by atoms with Crippen molar-refractivity contribution < 1.29 is 14.3 Å². The lowest BCUT2D eigenvalue weighted by atomic mass is 10.1. The normalized spacial score (nSPS) is 10.6. The maximum atomic E-state index is 12.2.